The number of para-hydroxylation sites is 1. The van der Waals surface area contributed by atoms with E-state index in [1.807, 2.05) is 0 Å². The first-order valence-electron chi connectivity index (χ1n) is 8.02. The molecule has 2 N–H and O–H groups in total. The fourth-order valence-corrected chi connectivity index (χ4v) is 2.72. The Kier molecular flexibility index (Phi) is 4.66. The number of rotatable bonds is 5. The minimum Gasteiger partial charge on any atom is -0.503 e. The lowest BCUT2D eigenvalue weighted by Gasteiger charge is -2.39. The molecule has 3 rings (SSSR count). The number of likely N-dealkylation sites (tertiary alicyclic amines) is 1. The van der Waals surface area contributed by atoms with E-state index in [9.17, 15) is 19.5 Å². The Labute approximate surface area is 148 Å². The Hall–Kier alpha value is -3.29. The van der Waals surface area contributed by atoms with Gasteiger partial charge in [0.25, 0.3) is 0 Å². The van der Waals surface area contributed by atoms with Crippen LogP contribution in [0.1, 0.15) is 16.1 Å². The van der Waals surface area contributed by atoms with Crippen molar-refractivity contribution in [1.29, 1.82) is 0 Å². The van der Waals surface area contributed by atoms with Crippen LogP contribution in [-0.2, 0) is 11.3 Å². The number of carbonyl (C=O) groups excluding carboxylic acids is 1. The molecule has 1 fully saturated rings. The second-order valence-corrected chi connectivity index (χ2v) is 6.08. The largest absolute Gasteiger partial charge is 0.503 e. The monoisotopic (exact) mass is 358 g/mol. The van der Waals surface area contributed by atoms with Crippen LogP contribution >= 0.6 is 0 Å². The van der Waals surface area contributed by atoms with E-state index in [2.05, 4.69) is 0 Å². The summed E-state index contributed by atoms with van der Waals surface area (Å²) in [4.78, 5) is 36.4. The van der Waals surface area contributed by atoms with Gasteiger partial charge in [0.2, 0.25) is 11.3 Å². The fourth-order valence-electron chi connectivity index (χ4n) is 2.72. The van der Waals surface area contributed by atoms with Crippen molar-refractivity contribution in [2.45, 2.75) is 19.6 Å². The topological polar surface area (TPSA) is 109 Å². The lowest BCUT2D eigenvalue weighted by Crippen LogP contribution is -2.57. The normalized spacial score (nSPS) is 14.0. The molecule has 136 valence electrons. The first-order chi connectivity index (χ1) is 12.4. The predicted octanol–water partition coefficient (Wildman–Crippen LogP) is 0.850. The van der Waals surface area contributed by atoms with Crippen LogP contribution in [-0.4, -0.2) is 50.8 Å². The Bertz CT molecular complexity index is 914. The number of benzene rings is 1. The molecular formula is C18H18N2O6. The van der Waals surface area contributed by atoms with Gasteiger partial charge in [0.1, 0.15) is 24.0 Å². The number of nitrogens with zero attached hydrogens (tertiary/aromatic N) is 2. The maximum atomic E-state index is 12.3. The molecular weight excluding hydrogens is 340 g/mol. The van der Waals surface area contributed by atoms with Crippen LogP contribution in [0.5, 0.6) is 11.5 Å². The molecule has 1 aliphatic rings. The number of pyridine rings is 1. The number of ether oxygens (including phenoxy) is 1. The highest BCUT2D eigenvalue weighted by Crippen LogP contribution is 2.23. The fraction of sp³-hybridized carbons (Fsp3) is 0.278. The predicted molar refractivity (Wildman–Crippen MR) is 91.5 cm³/mol. The third-order valence-electron chi connectivity index (χ3n) is 4.33. The molecule has 1 amide bonds. The van der Waals surface area contributed by atoms with Crippen molar-refractivity contribution >= 4 is 11.9 Å². The van der Waals surface area contributed by atoms with Crippen LogP contribution in [0.15, 0.2) is 41.3 Å². The molecule has 0 unspecified atom stereocenters. The summed E-state index contributed by atoms with van der Waals surface area (Å²) in [5.41, 5.74) is -0.0769. The van der Waals surface area contributed by atoms with Gasteiger partial charge in [0.15, 0.2) is 5.75 Å². The molecule has 0 aliphatic carbocycles. The zero-order valence-corrected chi connectivity index (χ0v) is 14.1. The summed E-state index contributed by atoms with van der Waals surface area (Å²) >= 11 is 0. The van der Waals surface area contributed by atoms with Crippen LogP contribution in [0.2, 0.25) is 0 Å². The van der Waals surface area contributed by atoms with Crippen molar-refractivity contribution in [3.63, 3.8) is 0 Å². The van der Waals surface area contributed by atoms with E-state index in [0.717, 1.165) is 0 Å². The number of amides is 1. The van der Waals surface area contributed by atoms with E-state index in [4.69, 9.17) is 9.84 Å². The number of carboxylic acid groups (broad SMARTS) is 1. The highest BCUT2D eigenvalue weighted by atomic mass is 16.5. The van der Waals surface area contributed by atoms with Gasteiger partial charge in [-0.3, -0.25) is 9.59 Å². The third-order valence-corrected chi connectivity index (χ3v) is 4.33. The Morgan fingerprint density at radius 3 is 2.62 bits per heavy atom. The quantitative estimate of drug-likeness (QED) is 0.820. The van der Waals surface area contributed by atoms with Gasteiger partial charge < -0.3 is 24.4 Å². The molecule has 0 radical (unpaired) electrons. The van der Waals surface area contributed by atoms with Crippen molar-refractivity contribution in [3.05, 3.63) is 58.0 Å². The zero-order chi connectivity index (χ0) is 18.8. The summed E-state index contributed by atoms with van der Waals surface area (Å²) in [6.07, 6.45) is 1.19. The van der Waals surface area contributed by atoms with Crippen LogP contribution < -0.4 is 10.2 Å². The first-order valence-corrected chi connectivity index (χ1v) is 8.02. The Morgan fingerprint density at radius 1 is 1.23 bits per heavy atom. The molecule has 1 aliphatic heterocycles. The summed E-state index contributed by atoms with van der Waals surface area (Å²) in [6.45, 7) is 2.25. The molecule has 2 heterocycles. The van der Waals surface area contributed by atoms with Gasteiger partial charge in [-0.05, 0) is 19.1 Å². The smallest absolute Gasteiger partial charge is 0.339 e. The molecule has 2 aromatic rings. The van der Waals surface area contributed by atoms with Gasteiger partial charge in [0, 0.05) is 12.3 Å². The van der Waals surface area contributed by atoms with E-state index in [1.165, 1.54) is 22.9 Å². The van der Waals surface area contributed by atoms with Gasteiger partial charge >= 0.3 is 5.97 Å². The zero-order valence-electron chi connectivity index (χ0n) is 14.1. The minimum atomic E-state index is -1.07. The van der Waals surface area contributed by atoms with Crippen LogP contribution in [0, 0.1) is 6.92 Å². The number of carboxylic acids is 1. The number of hydrogen-bond donors (Lipinski definition) is 2. The van der Waals surface area contributed by atoms with Crippen molar-refractivity contribution in [3.8, 4) is 11.5 Å². The molecule has 26 heavy (non-hydrogen) atoms. The molecule has 8 heteroatoms. The number of aromatic nitrogens is 1. The third kappa shape index (κ3) is 3.39. The standard InChI is InChI=1S/C18H18N2O6/c1-11-17(23)14(21)6-7-19(11)10-16(22)20-8-12(9-20)26-15-5-3-2-4-13(15)18(24)25/h2-7,12,23H,8-10H2,1H3,(H,24,25). The number of hydrogen-bond acceptors (Lipinski definition) is 5. The van der Waals surface area contributed by atoms with Gasteiger partial charge in [0.05, 0.1) is 18.8 Å². The lowest BCUT2D eigenvalue weighted by molar-refractivity contribution is -0.140. The highest BCUT2D eigenvalue weighted by Gasteiger charge is 2.33. The average Bonchev–Trinajstić information content (AvgIpc) is 2.58. The first kappa shape index (κ1) is 17.5. The maximum absolute atomic E-state index is 12.3. The molecule has 8 nitrogen and oxygen atoms in total. The number of aromatic hydroxyl groups is 1. The van der Waals surface area contributed by atoms with Crippen LogP contribution in [0.25, 0.3) is 0 Å². The van der Waals surface area contributed by atoms with E-state index < -0.39 is 11.4 Å². The molecule has 0 spiro atoms. The Morgan fingerprint density at radius 2 is 1.92 bits per heavy atom. The Balaban J connectivity index is 1.59. The van der Waals surface area contributed by atoms with Crippen molar-refractivity contribution in [2.75, 3.05) is 13.1 Å². The molecule has 0 saturated carbocycles. The summed E-state index contributed by atoms with van der Waals surface area (Å²) in [5, 5.41) is 18.8. The second kappa shape index (κ2) is 6.91. The van der Waals surface area contributed by atoms with Gasteiger partial charge in [-0.15, -0.1) is 0 Å². The van der Waals surface area contributed by atoms with Crippen LogP contribution in [0.4, 0.5) is 0 Å². The number of aromatic carboxylic acids is 1. The average molecular weight is 358 g/mol. The number of carbonyl (C=O) groups is 2. The van der Waals surface area contributed by atoms with Gasteiger partial charge in [-0.25, -0.2) is 4.79 Å². The highest BCUT2D eigenvalue weighted by molar-refractivity contribution is 5.90. The van der Waals surface area contributed by atoms with Gasteiger partial charge in [-0.2, -0.15) is 0 Å². The lowest BCUT2D eigenvalue weighted by atomic mass is 10.1. The molecule has 0 atom stereocenters. The van der Waals surface area contributed by atoms with E-state index in [-0.39, 0.29) is 35.6 Å². The van der Waals surface area contributed by atoms with Crippen molar-refractivity contribution < 1.29 is 24.5 Å². The molecule has 1 aromatic heterocycles. The van der Waals surface area contributed by atoms with E-state index in [0.29, 0.717) is 18.8 Å². The summed E-state index contributed by atoms with van der Waals surface area (Å²) in [7, 11) is 0. The van der Waals surface area contributed by atoms with Crippen LogP contribution in [0.3, 0.4) is 0 Å². The second-order valence-electron chi connectivity index (χ2n) is 6.08. The van der Waals surface area contributed by atoms with E-state index >= 15 is 0 Å². The van der Waals surface area contributed by atoms with E-state index in [1.54, 1.807) is 30.0 Å². The molecule has 1 aromatic carbocycles. The molecule has 1 saturated heterocycles. The maximum Gasteiger partial charge on any atom is 0.339 e. The summed E-state index contributed by atoms with van der Waals surface area (Å²) < 4.78 is 7.18. The molecule has 0 bridgehead atoms. The van der Waals surface area contributed by atoms with Crippen molar-refractivity contribution in [2.24, 2.45) is 0 Å². The van der Waals surface area contributed by atoms with Crippen molar-refractivity contribution in [1.82, 2.24) is 9.47 Å². The minimum absolute atomic E-state index is 0.00188. The SMILES string of the molecule is Cc1c(O)c(=O)ccn1CC(=O)N1CC(Oc2ccccc2C(=O)O)C1. The summed E-state index contributed by atoms with van der Waals surface area (Å²) in [6, 6.07) is 7.57. The van der Waals surface area contributed by atoms with Gasteiger partial charge in [-0.1, -0.05) is 12.1 Å². The summed E-state index contributed by atoms with van der Waals surface area (Å²) in [5.74, 6) is -1.34.